The average Bonchev–Trinajstić information content (AvgIpc) is 3.15. The number of piperidine rings is 1. The zero-order chi connectivity index (χ0) is 17.6. The fourth-order valence-corrected chi connectivity index (χ4v) is 5.03. The number of H-pyrrole nitrogens is 1. The summed E-state index contributed by atoms with van der Waals surface area (Å²) in [6.07, 6.45) is 2.72. The number of likely N-dealkylation sites (N-methyl/N-ethyl adjacent to an activating group) is 1. The molecule has 4 heterocycles. The number of hydrogen-bond donors (Lipinski definition) is 2. The summed E-state index contributed by atoms with van der Waals surface area (Å²) in [7, 11) is 1.91. The van der Waals surface area contributed by atoms with E-state index in [0.29, 0.717) is 17.1 Å². The average molecular weight is 362 g/mol. The number of aromatic amines is 1. The van der Waals surface area contributed by atoms with E-state index >= 15 is 0 Å². The summed E-state index contributed by atoms with van der Waals surface area (Å²) < 4.78 is 0.676. The molecule has 0 aliphatic carbocycles. The molecule has 7 nitrogen and oxygen atoms in total. The molecule has 2 N–H and O–H groups in total. The van der Waals surface area contributed by atoms with Crippen LogP contribution in [0.1, 0.15) is 25.1 Å². The van der Waals surface area contributed by atoms with Crippen molar-refractivity contribution in [3.63, 3.8) is 0 Å². The van der Waals surface area contributed by atoms with Crippen molar-refractivity contribution in [3.05, 3.63) is 27.6 Å². The van der Waals surface area contributed by atoms with Gasteiger partial charge in [-0.1, -0.05) is 0 Å². The maximum atomic E-state index is 12.1. The van der Waals surface area contributed by atoms with Crippen LogP contribution in [0.3, 0.4) is 0 Å². The standard InChI is InChI=1S/C17H22N4O3S/c1-20-10-17(8-12(20)16(23)24)3-5-21(6-4-17)9-13-18-11-2-7-25-14(11)15(22)19-13/h2,7,12H,3-6,8-10H2,1H3,(H,23,24)(H,18,19,22)/t12-/m1/s1. The van der Waals surface area contributed by atoms with Crippen molar-refractivity contribution in [2.75, 3.05) is 26.7 Å². The molecular weight excluding hydrogens is 340 g/mol. The minimum atomic E-state index is -0.715. The van der Waals surface area contributed by atoms with Crippen LogP contribution >= 0.6 is 11.3 Å². The van der Waals surface area contributed by atoms with Crippen LogP contribution in [-0.2, 0) is 11.3 Å². The second-order valence-corrected chi connectivity index (χ2v) is 8.31. The number of thiophene rings is 1. The number of nitrogens with one attached hydrogen (secondary N) is 1. The number of hydrogen-bond acceptors (Lipinski definition) is 6. The van der Waals surface area contributed by atoms with Crippen LogP contribution in [-0.4, -0.2) is 63.6 Å². The molecule has 2 aliphatic heterocycles. The minimum Gasteiger partial charge on any atom is -0.480 e. The first-order valence-electron chi connectivity index (χ1n) is 8.58. The van der Waals surface area contributed by atoms with Crippen LogP contribution in [0.4, 0.5) is 0 Å². The van der Waals surface area contributed by atoms with Crippen molar-refractivity contribution >= 4 is 27.5 Å². The second kappa shape index (κ2) is 6.19. The molecule has 8 heteroatoms. The topological polar surface area (TPSA) is 89.5 Å². The summed E-state index contributed by atoms with van der Waals surface area (Å²) >= 11 is 1.41. The van der Waals surface area contributed by atoms with E-state index in [-0.39, 0.29) is 17.0 Å². The summed E-state index contributed by atoms with van der Waals surface area (Å²) in [5.41, 5.74) is 0.816. The maximum absolute atomic E-state index is 12.1. The Morgan fingerprint density at radius 3 is 2.92 bits per heavy atom. The Balaban J connectivity index is 1.42. The molecule has 0 bridgehead atoms. The highest BCUT2D eigenvalue weighted by molar-refractivity contribution is 7.17. The van der Waals surface area contributed by atoms with E-state index in [1.54, 1.807) is 0 Å². The molecule has 25 heavy (non-hydrogen) atoms. The Morgan fingerprint density at radius 2 is 2.24 bits per heavy atom. The van der Waals surface area contributed by atoms with Crippen LogP contribution in [0.25, 0.3) is 10.2 Å². The molecule has 2 aromatic rings. The molecule has 2 saturated heterocycles. The summed E-state index contributed by atoms with van der Waals surface area (Å²) in [5.74, 6) is -0.00792. The number of fused-ring (bicyclic) bond motifs is 1. The number of likely N-dealkylation sites (tertiary alicyclic amines) is 2. The molecule has 2 aromatic heterocycles. The van der Waals surface area contributed by atoms with E-state index in [2.05, 4.69) is 14.9 Å². The highest BCUT2D eigenvalue weighted by atomic mass is 32.1. The Bertz CT molecular complexity index is 853. The second-order valence-electron chi connectivity index (χ2n) is 7.40. The number of carboxylic acids is 1. The van der Waals surface area contributed by atoms with Gasteiger partial charge in [0.1, 0.15) is 16.6 Å². The molecule has 2 aliphatic rings. The lowest BCUT2D eigenvalue weighted by atomic mass is 9.76. The summed E-state index contributed by atoms with van der Waals surface area (Å²) in [6.45, 7) is 3.31. The molecule has 0 saturated carbocycles. The predicted octanol–water partition coefficient (Wildman–Crippen LogP) is 1.36. The van der Waals surface area contributed by atoms with Crippen LogP contribution in [0, 0.1) is 5.41 Å². The van der Waals surface area contributed by atoms with Crippen LogP contribution in [0.2, 0.25) is 0 Å². The van der Waals surface area contributed by atoms with Gasteiger partial charge in [-0.3, -0.25) is 19.4 Å². The zero-order valence-electron chi connectivity index (χ0n) is 14.2. The third-order valence-corrected chi connectivity index (χ3v) is 6.58. The predicted molar refractivity (Wildman–Crippen MR) is 95.9 cm³/mol. The summed E-state index contributed by atoms with van der Waals surface area (Å²) in [6, 6.07) is 1.52. The van der Waals surface area contributed by atoms with Gasteiger partial charge in [0.25, 0.3) is 5.56 Å². The van der Waals surface area contributed by atoms with E-state index in [9.17, 15) is 14.7 Å². The van der Waals surface area contributed by atoms with Crippen molar-refractivity contribution in [3.8, 4) is 0 Å². The lowest BCUT2D eigenvalue weighted by molar-refractivity contribution is -0.141. The number of aromatic nitrogens is 2. The van der Waals surface area contributed by atoms with Crippen LogP contribution in [0.15, 0.2) is 16.2 Å². The van der Waals surface area contributed by atoms with Crippen molar-refractivity contribution < 1.29 is 9.90 Å². The van der Waals surface area contributed by atoms with Gasteiger partial charge in [0.15, 0.2) is 0 Å². The van der Waals surface area contributed by atoms with Crippen molar-refractivity contribution in [1.82, 2.24) is 19.8 Å². The Hall–Kier alpha value is -1.77. The quantitative estimate of drug-likeness (QED) is 0.857. The van der Waals surface area contributed by atoms with Crippen molar-refractivity contribution in [2.24, 2.45) is 5.41 Å². The fourth-order valence-electron chi connectivity index (χ4n) is 4.30. The van der Waals surface area contributed by atoms with E-state index < -0.39 is 5.97 Å². The van der Waals surface area contributed by atoms with Gasteiger partial charge in [-0.25, -0.2) is 4.98 Å². The first kappa shape index (κ1) is 16.7. The number of rotatable bonds is 3. The number of carboxylic acid groups (broad SMARTS) is 1. The monoisotopic (exact) mass is 362 g/mol. The SMILES string of the molecule is CN1CC2(CCN(Cc3nc4ccsc4c(=O)[nH]3)CC2)C[C@@H]1C(=O)O. The van der Waals surface area contributed by atoms with Crippen LogP contribution < -0.4 is 5.56 Å². The maximum Gasteiger partial charge on any atom is 0.320 e. The summed E-state index contributed by atoms with van der Waals surface area (Å²) in [5, 5.41) is 11.2. The zero-order valence-corrected chi connectivity index (χ0v) is 15.0. The normalized spacial score (nSPS) is 24.3. The van der Waals surface area contributed by atoms with Gasteiger partial charge >= 0.3 is 5.97 Å². The smallest absolute Gasteiger partial charge is 0.320 e. The highest BCUT2D eigenvalue weighted by Gasteiger charge is 2.46. The molecule has 2 fully saturated rings. The Kier molecular flexibility index (Phi) is 4.13. The minimum absolute atomic E-state index is 0.0646. The molecule has 134 valence electrons. The van der Waals surface area contributed by atoms with Gasteiger partial charge in [-0.2, -0.15) is 0 Å². The van der Waals surface area contributed by atoms with E-state index in [0.717, 1.165) is 44.4 Å². The van der Waals surface area contributed by atoms with Gasteiger partial charge in [0.2, 0.25) is 0 Å². The van der Waals surface area contributed by atoms with Gasteiger partial charge < -0.3 is 10.1 Å². The van der Waals surface area contributed by atoms with E-state index in [4.69, 9.17) is 0 Å². The molecule has 0 unspecified atom stereocenters. The molecule has 0 aromatic carbocycles. The molecule has 1 spiro atoms. The first-order valence-corrected chi connectivity index (χ1v) is 9.46. The molecule has 0 radical (unpaired) electrons. The number of aliphatic carboxylic acids is 1. The molecule has 0 amide bonds. The largest absolute Gasteiger partial charge is 0.480 e. The fraction of sp³-hybridized carbons (Fsp3) is 0.588. The van der Waals surface area contributed by atoms with E-state index in [1.165, 1.54) is 11.3 Å². The molecule has 1 atom stereocenters. The van der Waals surface area contributed by atoms with Gasteiger partial charge in [0.05, 0.1) is 12.1 Å². The van der Waals surface area contributed by atoms with Crippen molar-refractivity contribution in [1.29, 1.82) is 0 Å². The number of nitrogens with zero attached hydrogens (tertiary/aromatic N) is 3. The third kappa shape index (κ3) is 3.09. The van der Waals surface area contributed by atoms with Crippen molar-refractivity contribution in [2.45, 2.75) is 31.8 Å². The Morgan fingerprint density at radius 1 is 1.48 bits per heavy atom. The molecule has 4 rings (SSSR count). The van der Waals surface area contributed by atoms with Gasteiger partial charge in [0, 0.05) is 6.54 Å². The highest BCUT2D eigenvalue weighted by Crippen LogP contribution is 2.42. The lowest BCUT2D eigenvalue weighted by Gasteiger charge is -2.39. The summed E-state index contributed by atoms with van der Waals surface area (Å²) in [4.78, 5) is 35.2. The van der Waals surface area contributed by atoms with Gasteiger partial charge in [-0.05, 0) is 56.3 Å². The third-order valence-electron chi connectivity index (χ3n) is 5.68. The Labute approximate surface area is 149 Å². The van der Waals surface area contributed by atoms with E-state index in [1.807, 2.05) is 23.4 Å². The first-order chi connectivity index (χ1) is 12.0. The van der Waals surface area contributed by atoms with Gasteiger partial charge in [-0.15, -0.1) is 11.3 Å². The lowest BCUT2D eigenvalue weighted by Crippen LogP contribution is -2.41. The van der Waals surface area contributed by atoms with Crippen LogP contribution in [0.5, 0.6) is 0 Å². The molecular formula is C17H22N4O3S. The number of carbonyl (C=O) groups is 1.